The van der Waals surface area contributed by atoms with Crippen molar-refractivity contribution in [3.8, 4) is 17.5 Å². The van der Waals surface area contributed by atoms with E-state index in [2.05, 4.69) is 21.7 Å². The summed E-state index contributed by atoms with van der Waals surface area (Å²) >= 11 is 1.62. The van der Waals surface area contributed by atoms with Crippen LogP contribution in [0.4, 0.5) is 8.78 Å². The highest BCUT2D eigenvalue weighted by atomic mass is 32.2. The van der Waals surface area contributed by atoms with Crippen LogP contribution in [-0.4, -0.2) is 43.6 Å². The Hall–Kier alpha value is -2.48. The highest BCUT2D eigenvalue weighted by Gasteiger charge is 2.29. The number of rotatable bonds is 8. The maximum Gasteiger partial charge on any atom is 0.242 e. The molecule has 2 heterocycles. The first-order chi connectivity index (χ1) is 15.4. The van der Waals surface area contributed by atoms with E-state index in [1.807, 2.05) is 23.1 Å². The van der Waals surface area contributed by atoms with Crippen LogP contribution in [0.1, 0.15) is 30.9 Å². The van der Waals surface area contributed by atoms with Crippen LogP contribution in [-0.2, 0) is 10.0 Å². The molecule has 1 N–H and O–H groups in total. The van der Waals surface area contributed by atoms with Crippen molar-refractivity contribution in [1.82, 2.24) is 14.3 Å². The van der Waals surface area contributed by atoms with E-state index in [4.69, 9.17) is 0 Å². The number of nitrogens with zero attached hydrogens (tertiary/aromatic N) is 3. The number of hydrogen-bond donors (Lipinski definition) is 1. The molecule has 32 heavy (non-hydrogen) atoms. The van der Waals surface area contributed by atoms with Crippen LogP contribution in [0, 0.1) is 11.3 Å². The van der Waals surface area contributed by atoms with E-state index in [9.17, 15) is 22.5 Å². The summed E-state index contributed by atoms with van der Waals surface area (Å²) in [6.45, 7) is -2.29. The molecule has 0 spiro atoms. The molecular weight excluding hydrogens is 454 g/mol. The second-order valence-electron chi connectivity index (χ2n) is 7.68. The number of nitrogens with one attached hydrogen (secondary N) is 1. The summed E-state index contributed by atoms with van der Waals surface area (Å²) in [6, 6.07) is 9.98. The van der Waals surface area contributed by atoms with E-state index >= 15 is 0 Å². The fourth-order valence-corrected chi connectivity index (χ4v) is 5.45. The Balaban J connectivity index is 1.82. The SMILES string of the molecule is CSc1ccc2c(C#N)c(-c3ccc(S(=O)(=O)NC(CF)CF)cn3)n(C3CCC3)c2c1. The normalized spacial score (nSPS) is 14.6. The fourth-order valence-electron chi connectivity index (χ4n) is 3.88. The van der Waals surface area contributed by atoms with Crippen molar-refractivity contribution in [2.45, 2.75) is 41.1 Å². The van der Waals surface area contributed by atoms with E-state index in [1.165, 1.54) is 12.1 Å². The van der Waals surface area contributed by atoms with Gasteiger partial charge in [0, 0.05) is 22.5 Å². The van der Waals surface area contributed by atoms with Crippen molar-refractivity contribution in [2.24, 2.45) is 0 Å². The van der Waals surface area contributed by atoms with E-state index < -0.39 is 29.4 Å². The molecule has 1 aromatic carbocycles. The summed E-state index contributed by atoms with van der Waals surface area (Å²) in [5.41, 5.74) is 2.59. The molecule has 1 fully saturated rings. The van der Waals surface area contributed by atoms with E-state index in [1.54, 1.807) is 11.8 Å². The lowest BCUT2D eigenvalue weighted by Gasteiger charge is -2.30. The van der Waals surface area contributed by atoms with Gasteiger partial charge in [0.2, 0.25) is 10.0 Å². The van der Waals surface area contributed by atoms with Gasteiger partial charge in [-0.05, 0) is 49.8 Å². The topological polar surface area (TPSA) is 87.8 Å². The van der Waals surface area contributed by atoms with Crippen LogP contribution in [0.2, 0.25) is 0 Å². The summed E-state index contributed by atoms with van der Waals surface area (Å²) in [4.78, 5) is 5.23. The van der Waals surface area contributed by atoms with Gasteiger partial charge >= 0.3 is 0 Å². The standard InChI is InChI=1S/C22H22F2N4O2S2/c1-31-16-5-7-18-19(12-25)22(28(21(18)9-16)15-3-2-4-15)20-8-6-17(13-26-20)32(29,30)27-14(10-23)11-24/h5-9,13-15,27H,2-4,10-11H2,1H3. The molecule has 6 nitrogen and oxygen atoms in total. The molecular formula is C22H22F2N4O2S2. The van der Waals surface area contributed by atoms with Crippen molar-refractivity contribution in [2.75, 3.05) is 19.6 Å². The van der Waals surface area contributed by atoms with Crippen molar-refractivity contribution in [3.63, 3.8) is 0 Å². The maximum absolute atomic E-state index is 12.8. The van der Waals surface area contributed by atoms with Crippen molar-refractivity contribution >= 4 is 32.7 Å². The molecule has 3 aromatic rings. The Morgan fingerprint density at radius 3 is 2.56 bits per heavy atom. The molecule has 0 unspecified atom stereocenters. The summed E-state index contributed by atoms with van der Waals surface area (Å²) < 4.78 is 54.5. The molecule has 0 atom stereocenters. The molecule has 2 aromatic heterocycles. The Kier molecular flexibility index (Phi) is 6.51. The zero-order valence-corrected chi connectivity index (χ0v) is 19.0. The number of hydrogen-bond acceptors (Lipinski definition) is 5. The van der Waals surface area contributed by atoms with Gasteiger partial charge in [0.1, 0.15) is 24.3 Å². The van der Waals surface area contributed by atoms with Gasteiger partial charge in [-0.2, -0.15) is 5.26 Å². The quantitative estimate of drug-likeness (QED) is 0.480. The maximum atomic E-state index is 12.8. The number of thioether (sulfide) groups is 1. The molecule has 1 aliphatic carbocycles. The second kappa shape index (κ2) is 9.17. The molecule has 168 valence electrons. The fraction of sp³-hybridized carbons (Fsp3) is 0.364. The first-order valence-corrected chi connectivity index (χ1v) is 12.9. The third kappa shape index (κ3) is 4.00. The zero-order chi connectivity index (χ0) is 22.9. The van der Waals surface area contributed by atoms with E-state index in [0.29, 0.717) is 17.0 Å². The Bertz CT molecular complexity index is 1280. The monoisotopic (exact) mass is 476 g/mol. The first-order valence-electron chi connectivity index (χ1n) is 10.2. The van der Waals surface area contributed by atoms with Crippen LogP contribution < -0.4 is 4.72 Å². The molecule has 0 radical (unpaired) electrons. The number of pyridine rings is 1. The molecule has 1 aliphatic rings. The summed E-state index contributed by atoms with van der Waals surface area (Å²) in [7, 11) is -4.12. The van der Waals surface area contributed by atoms with Crippen molar-refractivity contribution < 1.29 is 17.2 Å². The van der Waals surface area contributed by atoms with E-state index in [0.717, 1.165) is 41.3 Å². The van der Waals surface area contributed by atoms with Gasteiger partial charge in [0.15, 0.2) is 0 Å². The number of alkyl halides is 2. The molecule has 1 saturated carbocycles. The number of nitriles is 1. The molecule has 0 aliphatic heterocycles. The number of fused-ring (bicyclic) bond motifs is 1. The van der Waals surface area contributed by atoms with Gasteiger partial charge in [-0.3, -0.25) is 4.98 Å². The molecule has 0 saturated heterocycles. The lowest BCUT2D eigenvalue weighted by molar-refractivity contribution is 0.324. The summed E-state index contributed by atoms with van der Waals surface area (Å²) in [5, 5.41) is 10.8. The smallest absolute Gasteiger partial charge is 0.242 e. The van der Waals surface area contributed by atoms with Crippen LogP contribution in [0.15, 0.2) is 46.3 Å². The highest BCUT2D eigenvalue weighted by Crippen LogP contribution is 2.42. The zero-order valence-electron chi connectivity index (χ0n) is 17.4. The first kappa shape index (κ1) is 22.7. The Morgan fingerprint density at radius 1 is 1.28 bits per heavy atom. The van der Waals surface area contributed by atoms with Crippen LogP contribution >= 0.6 is 11.8 Å². The second-order valence-corrected chi connectivity index (χ2v) is 10.3. The summed E-state index contributed by atoms with van der Waals surface area (Å²) in [6.07, 6.45) is 6.25. The number of sulfonamides is 1. The highest BCUT2D eigenvalue weighted by molar-refractivity contribution is 7.98. The minimum Gasteiger partial charge on any atom is -0.335 e. The van der Waals surface area contributed by atoms with Crippen molar-refractivity contribution in [3.05, 3.63) is 42.1 Å². The van der Waals surface area contributed by atoms with Gasteiger partial charge < -0.3 is 4.57 Å². The third-order valence-electron chi connectivity index (χ3n) is 5.75. The van der Waals surface area contributed by atoms with Crippen LogP contribution in [0.5, 0.6) is 0 Å². The van der Waals surface area contributed by atoms with Gasteiger partial charge in [0.05, 0.1) is 28.5 Å². The summed E-state index contributed by atoms with van der Waals surface area (Å²) in [5.74, 6) is 0. The molecule has 0 amide bonds. The van der Waals surface area contributed by atoms with Gasteiger partial charge in [-0.15, -0.1) is 11.8 Å². The molecule has 0 bridgehead atoms. The Labute approximate surface area is 189 Å². The average molecular weight is 477 g/mol. The van der Waals surface area contributed by atoms with Gasteiger partial charge in [-0.25, -0.2) is 21.9 Å². The molecule has 4 rings (SSSR count). The minimum absolute atomic E-state index is 0.192. The van der Waals surface area contributed by atoms with Crippen LogP contribution in [0.25, 0.3) is 22.3 Å². The number of aromatic nitrogens is 2. The predicted octanol–water partition coefficient (Wildman–Crippen LogP) is 4.61. The predicted molar refractivity (Wildman–Crippen MR) is 121 cm³/mol. The lowest BCUT2D eigenvalue weighted by Crippen LogP contribution is -2.37. The van der Waals surface area contributed by atoms with Crippen molar-refractivity contribution in [1.29, 1.82) is 5.26 Å². The van der Waals surface area contributed by atoms with Crippen LogP contribution in [0.3, 0.4) is 0 Å². The number of halogens is 2. The number of benzene rings is 1. The lowest BCUT2D eigenvalue weighted by atomic mass is 9.92. The third-order valence-corrected chi connectivity index (χ3v) is 7.98. The largest absolute Gasteiger partial charge is 0.335 e. The minimum atomic E-state index is -4.12. The Morgan fingerprint density at radius 2 is 2.03 bits per heavy atom. The average Bonchev–Trinajstić information content (AvgIpc) is 3.09. The van der Waals surface area contributed by atoms with E-state index in [-0.39, 0.29) is 10.9 Å². The molecule has 10 heteroatoms. The van der Waals surface area contributed by atoms with Gasteiger partial charge in [-0.1, -0.05) is 6.07 Å². The van der Waals surface area contributed by atoms with Gasteiger partial charge in [0.25, 0.3) is 0 Å².